The molecule has 4 aromatic rings. The highest BCUT2D eigenvalue weighted by Crippen LogP contribution is 2.20. The first kappa shape index (κ1) is 19.3. The highest BCUT2D eigenvalue weighted by atomic mass is 16.2. The maximum absolute atomic E-state index is 13.3. The normalized spacial score (nSPS) is 10.6. The summed E-state index contributed by atoms with van der Waals surface area (Å²) in [5.74, 6) is 0.609. The van der Waals surface area contributed by atoms with Gasteiger partial charge in [0.2, 0.25) is 5.95 Å². The number of pyridine rings is 1. The lowest BCUT2D eigenvalue weighted by Gasteiger charge is -2.13. The fourth-order valence-electron chi connectivity index (χ4n) is 3.01. The molecule has 2 aromatic carbocycles. The van der Waals surface area contributed by atoms with Gasteiger partial charge in [-0.2, -0.15) is 9.67 Å². The van der Waals surface area contributed by atoms with Crippen molar-refractivity contribution in [1.29, 1.82) is 0 Å². The summed E-state index contributed by atoms with van der Waals surface area (Å²) in [6, 6.07) is 21.0. The van der Waals surface area contributed by atoms with E-state index in [1.165, 1.54) is 4.68 Å². The minimum Gasteiger partial charge on any atom is -0.378 e. The van der Waals surface area contributed by atoms with Crippen LogP contribution in [-0.4, -0.2) is 39.8 Å². The summed E-state index contributed by atoms with van der Waals surface area (Å²) >= 11 is 0. The predicted octanol–water partition coefficient (Wildman–Crippen LogP) is 3.71. The average Bonchev–Trinajstić information content (AvgIpc) is 3.23. The molecule has 0 atom stereocenters. The molecule has 0 unspecified atom stereocenters. The van der Waals surface area contributed by atoms with E-state index in [-0.39, 0.29) is 5.91 Å². The first-order valence-corrected chi connectivity index (χ1v) is 9.59. The van der Waals surface area contributed by atoms with Crippen LogP contribution in [0.5, 0.6) is 0 Å². The first-order valence-electron chi connectivity index (χ1n) is 9.59. The molecule has 0 bridgehead atoms. The second-order valence-corrected chi connectivity index (χ2v) is 7.00. The van der Waals surface area contributed by atoms with Gasteiger partial charge in [0.05, 0.1) is 0 Å². The third-order valence-electron chi connectivity index (χ3n) is 4.64. The van der Waals surface area contributed by atoms with Crippen LogP contribution in [0.3, 0.4) is 0 Å². The van der Waals surface area contributed by atoms with Crippen LogP contribution < -0.4 is 10.2 Å². The van der Waals surface area contributed by atoms with Gasteiger partial charge >= 0.3 is 0 Å². The van der Waals surface area contributed by atoms with Gasteiger partial charge in [-0.05, 0) is 35.9 Å². The molecule has 4 rings (SSSR count). The van der Waals surface area contributed by atoms with Gasteiger partial charge in [-0.3, -0.25) is 9.78 Å². The number of hydrogen-bond acceptors (Lipinski definition) is 6. The Kier molecular flexibility index (Phi) is 5.52. The number of hydrogen-bond donors (Lipinski definition) is 1. The summed E-state index contributed by atoms with van der Waals surface area (Å²) in [6.45, 7) is 0.528. The van der Waals surface area contributed by atoms with E-state index in [2.05, 4.69) is 20.4 Å². The van der Waals surface area contributed by atoms with E-state index < -0.39 is 0 Å². The van der Waals surface area contributed by atoms with Crippen molar-refractivity contribution in [2.45, 2.75) is 6.54 Å². The Morgan fingerprint density at radius 3 is 2.50 bits per heavy atom. The van der Waals surface area contributed by atoms with Crippen LogP contribution in [0.1, 0.15) is 15.9 Å². The lowest BCUT2D eigenvalue weighted by Crippen LogP contribution is -2.18. The summed E-state index contributed by atoms with van der Waals surface area (Å²) in [4.78, 5) is 23.9. The quantitative estimate of drug-likeness (QED) is 0.534. The fraction of sp³-hybridized carbons (Fsp3) is 0.130. The largest absolute Gasteiger partial charge is 0.378 e. The Morgan fingerprint density at radius 2 is 1.77 bits per heavy atom. The van der Waals surface area contributed by atoms with Crippen molar-refractivity contribution < 1.29 is 4.79 Å². The van der Waals surface area contributed by atoms with Crippen LogP contribution in [0.2, 0.25) is 0 Å². The molecule has 0 spiro atoms. The van der Waals surface area contributed by atoms with E-state index in [1.54, 1.807) is 18.5 Å². The van der Waals surface area contributed by atoms with Gasteiger partial charge in [0.15, 0.2) is 5.82 Å². The summed E-state index contributed by atoms with van der Waals surface area (Å²) < 4.78 is 1.33. The van der Waals surface area contributed by atoms with E-state index in [1.807, 2.05) is 79.7 Å². The zero-order valence-corrected chi connectivity index (χ0v) is 16.9. The molecule has 7 nitrogen and oxygen atoms in total. The van der Waals surface area contributed by atoms with Crippen molar-refractivity contribution in [1.82, 2.24) is 19.7 Å². The number of anilines is 2. The molecule has 0 saturated heterocycles. The molecule has 2 aromatic heterocycles. The summed E-state index contributed by atoms with van der Waals surface area (Å²) in [5.41, 5.74) is 3.35. The van der Waals surface area contributed by atoms with E-state index in [0.29, 0.717) is 23.9 Å². The standard InChI is InChI=1S/C23H22N6O/c1-28(2)20-10-6-9-19(15-20)22(30)29-23(25-16-17-7-4-3-5-8-17)26-21(27-29)18-11-13-24-14-12-18/h3-15H,16H2,1-2H3,(H,25,26,27). The van der Waals surface area contributed by atoms with Gasteiger partial charge in [0.1, 0.15) is 0 Å². The molecule has 2 heterocycles. The molecular formula is C23H22N6O. The average molecular weight is 398 g/mol. The van der Waals surface area contributed by atoms with Gasteiger partial charge in [0, 0.05) is 49.8 Å². The van der Waals surface area contributed by atoms with Crippen LogP contribution in [0, 0.1) is 0 Å². The first-order chi connectivity index (χ1) is 14.6. The summed E-state index contributed by atoms with van der Waals surface area (Å²) in [7, 11) is 3.88. The molecular weight excluding hydrogens is 376 g/mol. The zero-order chi connectivity index (χ0) is 20.9. The molecule has 150 valence electrons. The number of rotatable bonds is 6. The third-order valence-corrected chi connectivity index (χ3v) is 4.64. The topological polar surface area (TPSA) is 75.9 Å². The molecule has 0 aliphatic rings. The molecule has 0 fully saturated rings. The van der Waals surface area contributed by atoms with Crippen LogP contribution in [0.4, 0.5) is 11.6 Å². The second-order valence-electron chi connectivity index (χ2n) is 7.00. The highest BCUT2D eigenvalue weighted by molar-refractivity contribution is 5.98. The van der Waals surface area contributed by atoms with Crippen molar-refractivity contribution in [3.63, 3.8) is 0 Å². The molecule has 0 amide bonds. The lowest BCUT2D eigenvalue weighted by atomic mass is 10.2. The Balaban J connectivity index is 1.70. The van der Waals surface area contributed by atoms with Crippen molar-refractivity contribution in [2.24, 2.45) is 0 Å². The lowest BCUT2D eigenvalue weighted by molar-refractivity contribution is 0.0947. The maximum Gasteiger partial charge on any atom is 0.281 e. The van der Waals surface area contributed by atoms with Crippen LogP contribution >= 0.6 is 0 Å². The number of benzene rings is 2. The second kappa shape index (κ2) is 8.57. The minimum atomic E-state index is -0.248. The number of nitrogens with zero attached hydrogens (tertiary/aromatic N) is 5. The summed E-state index contributed by atoms with van der Waals surface area (Å²) in [6.07, 6.45) is 3.35. The smallest absolute Gasteiger partial charge is 0.281 e. The Morgan fingerprint density at radius 1 is 1.00 bits per heavy atom. The minimum absolute atomic E-state index is 0.248. The van der Waals surface area contributed by atoms with Crippen LogP contribution in [0.25, 0.3) is 11.4 Å². The van der Waals surface area contributed by atoms with E-state index in [4.69, 9.17) is 0 Å². The number of nitrogens with one attached hydrogen (secondary N) is 1. The van der Waals surface area contributed by atoms with Gasteiger partial charge < -0.3 is 10.2 Å². The number of carbonyl (C=O) groups is 1. The Labute approximate surface area is 175 Å². The molecule has 0 saturated carbocycles. The van der Waals surface area contributed by atoms with Crippen molar-refractivity contribution >= 4 is 17.5 Å². The molecule has 0 aliphatic carbocycles. The number of aromatic nitrogens is 4. The Hall–Kier alpha value is -4.00. The highest BCUT2D eigenvalue weighted by Gasteiger charge is 2.19. The van der Waals surface area contributed by atoms with Gasteiger partial charge in [-0.1, -0.05) is 36.4 Å². The SMILES string of the molecule is CN(C)c1cccc(C(=O)n2nc(-c3ccncc3)nc2NCc2ccccc2)c1. The summed E-state index contributed by atoms with van der Waals surface area (Å²) in [5, 5.41) is 7.75. The van der Waals surface area contributed by atoms with Gasteiger partial charge in [-0.15, -0.1) is 5.10 Å². The van der Waals surface area contributed by atoms with E-state index in [0.717, 1.165) is 16.8 Å². The van der Waals surface area contributed by atoms with E-state index >= 15 is 0 Å². The van der Waals surface area contributed by atoms with E-state index in [9.17, 15) is 4.79 Å². The molecule has 7 heteroatoms. The number of carbonyl (C=O) groups excluding carboxylic acids is 1. The van der Waals surface area contributed by atoms with Gasteiger partial charge in [0.25, 0.3) is 5.91 Å². The molecule has 0 aliphatic heterocycles. The van der Waals surface area contributed by atoms with Crippen LogP contribution in [0.15, 0.2) is 79.1 Å². The van der Waals surface area contributed by atoms with Gasteiger partial charge in [-0.25, -0.2) is 0 Å². The van der Waals surface area contributed by atoms with Crippen LogP contribution in [-0.2, 0) is 6.54 Å². The molecule has 30 heavy (non-hydrogen) atoms. The Bertz CT molecular complexity index is 1140. The van der Waals surface area contributed by atoms with Crippen molar-refractivity contribution in [3.8, 4) is 11.4 Å². The van der Waals surface area contributed by atoms with Crippen molar-refractivity contribution in [3.05, 3.63) is 90.3 Å². The fourth-order valence-corrected chi connectivity index (χ4v) is 3.01. The molecule has 0 radical (unpaired) electrons. The monoisotopic (exact) mass is 398 g/mol. The molecule has 1 N–H and O–H groups in total. The zero-order valence-electron chi connectivity index (χ0n) is 16.9. The maximum atomic E-state index is 13.3. The van der Waals surface area contributed by atoms with Crippen molar-refractivity contribution in [2.75, 3.05) is 24.3 Å². The predicted molar refractivity (Wildman–Crippen MR) is 118 cm³/mol. The third kappa shape index (κ3) is 4.20.